The van der Waals surface area contributed by atoms with Crippen molar-refractivity contribution in [2.45, 2.75) is 39.3 Å². The van der Waals surface area contributed by atoms with Gasteiger partial charge in [-0.15, -0.1) is 0 Å². The van der Waals surface area contributed by atoms with Crippen LogP contribution in [0.15, 0.2) is 54.9 Å². The third-order valence-electron chi connectivity index (χ3n) is 10.8. The van der Waals surface area contributed by atoms with Gasteiger partial charge in [0.1, 0.15) is 23.9 Å². The number of hydrogen-bond acceptors (Lipinski definition) is 11. The number of pyridine rings is 2. The number of halogens is 1. The Morgan fingerprint density at radius 3 is 2.55 bits per heavy atom. The summed E-state index contributed by atoms with van der Waals surface area (Å²) >= 11 is 0. The van der Waals surface area contributed by atoms with Crippen LogP contribution in [0.4, 0.5) is 38.6 Å². The second-order valence-electron chi connectivity index (χ2n) is 13.8. The maximum atomic E-state index is 14.9. The molecule has 0 aliphatic carbocycles. The van der Waals surface area contributed by atoms with Gasteiger partial charge in [0.15, 0.2) is 12.1 Å². The molecule has 8 rings (SSSR count). The number of fused-ring (bicyclic) bond motifs is 2. The van der Waals surface area contributed by atoms with Gasteiger partial charge in [0, 0.05) is 106 Å². The van der Waals surface area contributed by atoms with E-state index >= 15 is 0 Å². The average molecular weight is 691 g/mol. The van der Waals surface area contributed by atoms with Gasteiger partial charge >= 0.3 is 0 Å². The second kappa shape index (κ2) is 13.8. The van der Waals surface area contributed by atoms with Gasteiger partial charge in [0.25, 0.3) is 0 Å². The van der Waals surface area contributed by atoms with Crippen LogP contribution in [0.25, 0.3) is 0 Å². The Kier molecular flexibility index (Phi) is 8.93. The Morgan fingerprint density at radius 2 is 1.78 bits per heavy atom. The lowest BCUT2D eigenvalue weighted by atomic mass is 9.98. The molecule has 2 N–H and O–H groups in total. The number of ketones is 1. The highest BCUT2D eigenvalue weighted by Gasteiger charge is 2.35. The topological polar surface area (TPSA) is 106 Å². The van der Waals surface area contributed by atoms with Crippen LogP contribution in [0.2, 0.25) is 0 Å². The normalized spacial score (nSPS) is 17.5. The first-order chi connectivity index (χ1) is 24.9. The molecule has 4 aromatic rings. The van der Waals surface area contributed by atoms with Crippen LogP contribution < -0.4 is 30.1 Å². The zero-order valence-electron chi connectivity index (χ0n) is 29.1. The van der Waals surface area contributed by atoms with Gasteiger partial charge in [-0.3, -0.25) is 14.5 Å². The summed E-state index contributed by atoms with van der Waals surface area (Å²) < 4.78 is 20.7. The molecule has 264 valence electrons. The van der Waals surface area contributed by atoms with E-state index in [9.17, 15) is 14.0 Å². The van der Waals surface area contributed by atoms with Gasteiger partial charge in [-0.25, -0.2) is 14.4 Å². The molecular weight excluding hydrogens is 647 g/mol. The first-order valence-electron chi connectivity index (χ1n) is 17.9. The number of benzene rings is 2. The lowest BCUT2D eigenvalue weighted by Gasteiger charge is -2.49. The Bertz CT molecular complexity index is 1960. The molecule has 0 bridgehead atoms. The molecule has 0 radical (unpaired) electrons. The van der Waals surface area contributed by atoms with Crippen molar-refractivity contribution in [1.82, 2.24) is 14.9 Å². The maximum absolute atomic E-state index is 14.9. The number of hydrogen-bond donors (Lipinski definition) is 2. The van der Waals surface area contributed by atoms with Gasteiger partial charge in [-0.1, -0.05) is 6.92 Å². The fourth-order valence-corrected chi connectivity index (χ4v) is 7.72. The van der Waals surface area contributed by atoms with Crippen molar-refractivity contribution in [3.8, 4) is 5.88 Å². The van der Waals surface area contributed by atoms with Crippen molar-refractivity contribution in [3.05, 3.63) is 88.5 Å². The predicted molar refractivity (Wildman–Crippen MR) is 198 cm³/mol. The van der Waals surface area contributed by atoms with Gasteiger partial charge in [-0.2, -0.15) is 0 Å². The monoisotopic (exact) mass is 690 g/mol. The highest BCUT2D eigenvalue weighted by molar-refractivity contribution is 6.03. The van der Waals surface area contributed by atoms with E-state index in [0.29, 0.717) is 43.6 Å². The molecular formula is C39H43FN8O3. The highest BCUT2D eigenvalue weighted by Crippen LogP contribution is 2.37. The minimum atomic E-state index is -0.449. The summed E-state index contributed by atoms with van der Waals surface area (Å²) in [6, 6.07) is 13.8. The molecule has 0 atom stereocenters. The summed E-state index contributed by atoms with van der Waals surface area (Å²) in [5, 5.41) is 6.96. The van der Waals surface area contributed by atoms with Crippen LogP contribution in [0.3, 0.4) is 0 Å². The molecule has 0 saturated carbocycles. The van der Waals surface area contributed by atoms with Crippen molar-refractivity contribution >= 4 is 46.3 Å². The quantitative estimate of drug-likeness (QED) is 0.173. The van der Waals surface area contributed by atoms with E-state index in [1.807, 2.05) is 17.3 Å². The Hall–Kier alpha value is -5.23. The molecule has 51 heavy (non-hydrogen) atoms. The Balaban J connectivity index is 0.846. The number of Topliss-reactive ketones (excluding diaryl/α,β-unsaturated/α-hetero) is 1. The third-order valence-corrected chi connectivity index (χ3v) is 10.8. The average Bonchev–Trinajstić information content (AvgIpc) is 3.15. The minimum absolute atomic E-state index is 0.164. The number of rotatable bonds is 9. The van der Waals surface area contributed by atoms with E-state index in [2.05, 4.69) is 67.6 Å². The first-order valence-corrected chi connectivity index (χ1v) is 17.9. The summed E-state index contributed by atoms with van der Waals surface area (Å²) in [6.45, 7) is 12.0. The van der Waals surface area contributed by atoms with Crippen LogP contribution in [-0.2, 0) is 13.0 Å². The smallest absolute Gasteiger partial charge is 0.237 e. The number of carbonyl (C=O) groups excluding carboxylic acids is 2. The molecule has 0 unspecified atom stereocenters. The molecule has 0 amide bonds. The molecule has 4 aliphatic heterocycles. The van der Waals surface area contributed by atoms with Crippen molar-refractivity contribution in [2.24, 2.45) is 0 Å². The number of piperazine rings is 1. The zero-order valence-corrected chi connectivity index (χ0v) is 29.1. The van der Waals surface area contributed by atoms with Gasteiger partial charge < -0.3 is 30.1 Å². The summed E-state index contributed by atoms with van der Waals surface area (Å²) in [5.74, 6) is 0.840. The lowest BCUT2D eigenvalue weighted by Crippen LogP contribution is -2.63. The van der Waals surface area contributed by atoms with Gasteiger partial charge in [0.05, 0.1) is 17.6 Å². The molecule has 2 aromatic carbocycles. The fraction of sp³-hybridized carbons (Fsp3) is 0.385. The summed E-state index contributed by atoms with van der Waals surface area (Å²) in [7, 11) is 0. The number of anilines is 6. The standard InChI is InChI=1S/C39H43FN8O3/c1-3-36(50)32-18-33(40)34(16-28(32)24-49)48-22-31(23-48)46-13-11-45(12-14-46)30-6-4-29(5-7-30)44-37-17-27-21-47(10-8-26(27)19-42-37)35-20-43-39-38(25(35)2)41-9-15-51-39/h4-7,16-20,24,31,41H,3,8-15,21-23H2,1-2H3,(H,42,44). The van der Waals surface area contributed by atoms with Crippen LogP contribution in [0.1, 0.15) is 50.8 Å². The zero-order chi connectivity index (χ0) is 35.1. The van der Waals surface area contributed by atoms with Crippen molar-refractivity contribution in [3.63, 3.8) is 0 Å². The van der Waals surface area contributed by atoms with E-state index in [-0.39, 0.29) is 23.3 Å². The van der Waals surface area contributed by atoms with Crippen LogP contribution in [-0.4, -0.2) is 91.9 Å². The third kappa shape index (κ3) is 6.44. The van der Waals surface area contributed by atoms with Crippen LogP contribution in [0, 0.1) is 12.7 Å². The molecule has 2 aromatic heterocycles. The van der Waals surface area contributed by atoms with E-state index in [0.717, 1.165) is 75.1 Å². The van der Waals surface area contributed by atoms with Crippen LogP contribution >= 0.6 is 0 Å². The van der Waals surface area contributed by atoms with E-state index < -0.39 is 5.82 Å². The van der Waals surface area contributed by atoms with Crippen LogP contribution in [0.5, 0.6) is 5.88 Å². The number of carbonyl (C=O) groups is 2. The van der Waals surface area contributed by atoms with Gasteiger partial charge in [-0.05, 0) is 66.9 Å². The number of aromatic nitrogens is 2. The molecule has 2 saturated heterocycles. The number of nitrogens with zero attached hydrogens (tertiary/aromatic N) is 6. The predicted octanol–water partition coefficient (Wildman–Crippen LogP) is 5.45. The molecule has 2 fully saturated rings. The van der Waals surface area contributed by atoms with E-state index in [1.54, 1.807) is 6.92 Å². The minimum Gasteiger partial charge on any atom is -0.474 e. The first kappa shape index (κ1) is 32.9. The Labute approximate surface area is 297 Å². The van der Waals surface area contributed by atoms with Gasteiger partial charge in [0.2, 0.25) is 5.88 Å². The van der Waals surface area contributed by atoms with Crippen molar-refractivity contribution in [1.29, 1.82) is 0 Å². The van der Waals surface area contributed by atoms with E-state index in [4.69, 9.17) is 9.72 Å². The van der Waals surface area contributed by atoms with Crippen molar-refractivity contribution < 1.29 is 18.7 Å². The molecule has 11 nitrogen and oxygen atoms in total. The molecule has 6 heterocycles. The second-order valence-corrected chi connectivity index (χ2v) is 13.8. The van der Waals surface area contributed by atoms with Crippen molar-refractivity contribution in [2.75, 3.05) is 84.3 Å². The highest BCUT2D eigenvalue weighted by atomic mass is 19.1. The Morgan fingerprint density at radius 1 is 0.980 bits per heavy atom. The fourth-order valence-electron chi connectivity index (χ4n) is 7.72. The molecule has 4 aliphatic rings. The summed E-state index contributed by atoms with van der Waals surface area (Å²) in [6.07, 6.45) is 5.74. The molecule has 0 spiro atoms. The SMILES string of the molecule is CCC(=O)c1cc(F)c(N2CC(N3CCN(c4ccc(Nc5cc6c(cn5)CCN(c5cnc7c(c5C)NCCO7)C6)cc4)CC3)C2)cc1C=O. The lowest BCUT2D eigenvalue weighted by molar-refractivity contribution is 0.0981. The summed E-state index contributed by atoms with van der Waals surface area (Å²) in [5.41, 5.74) is 8.83. The van der Waals surface area contributed by atoms with E-state index in [1.165, 1.54) is 34.5 Å². The summed E-state index contributed by atoms with van der Waals surface area (Å²) in [4.78, 5) is 42.3. The number of aldehydes is 1. The largest absolute Gasteiger partial charge is 0.474 e. The number of nitrogens with one attached hydrogen (secondary N) is 2. The maximum Gasteiger partial charge on any atom is 0.237 e. The number of ether oxygens (including phenoxy) is 1. The molecule has 12 heteroatoms.